The number of hydrogen-bond acceptors (Lipinski definition) is 3. The lowest BCUT2D eigenvalue weighted by molar-refractivity contribution is -0.161. The molecule has 2 fully saturated rings. The van der Waals surface area contributed by atoms with Gasteiger partial charge in [0.25, 0.3) is 0 Å². The zero-order valence-electron chi connectivity index (χ0n) is 13.2. The predicted octanol–water partition coefficient (Wildman–Crippen LogP) is 2.74. The van der Waals surface area contributed by atoms with Gasteiger partial charge in [0.1, 0.15) is 6.10 Å². The Morgan fingerprint density at radius 2 is 1.89 bits per heavy atom. The molecule has 0 aromatic rings. The monoisotopic (exact) mass is 285 g/mol. The summed E-state index contributed by atoms with van der Waals surface area (Å²) in [6, 6.07) is 0.204. The number of nitrogens with zero attached hydrogens (tertiary/aromatic N) is 1. The molecule has 0 unspecified atom stereocenters. The smallest absolute Gasteiger partial charge is 0.217 e. The van der Waals surface area contributed by atoms with Crippen LogP contribution in [-0.4, -0.2) is 43.2 Å². The van der Waals surface area contributed by atoms with Gasteiger partial charge in [0, 0.05) is 6.42 Å². The van der Waals surface area contributed by atoms with Crippen molar-refractivity contribution in [1.29, 1.82) is 0 Å². The second-order valence-corrected chi connectivity index (χ2v) is 12.8. The van der Waals surface area contributed by atoms with Crippen LogP contribution in [0.4, 0.5) is 0 Å². The van der Waals surface area contributed by atoms with E-state index >= 15 is 0 Å². The summed E-state index contributed by atoms with van der Waals surface area (Å²) >= 11 is 0. The fourth-order valence-corrected chi connectivity index (χ4v) is 5.26. The Labute approximate surface area is 117 Å². The number of rotatable bonds is 2. The van der Waals surface area contributed by atoms with Crippen LogP contribution in [0, 0.1) is 0 Å². The number of β-lactam (4-membered cyclic amide) rings is 1. The van der Waals surface area contributed by atoms with Crippen LogP contribution in [0.1, 0.15) is 41.0 Å². The first kappa shape index (κ1) is 15.0. The van der Waals surface area contributed by atoms with Crippen LogP contribution in [0.15, 0.2) is 0 Å². The van der Waals surface area contributed by atoms with E-state index < -0.39 is 14.0 Å². The molecule has 2 atom stereocenters. The fraction of sp³-hybridized carbons (Fsp3) is 0.929. The highest BCUT2D eigenvalue weighted by Crippen LogP contribution is 2.44. The standard InChI is InChI=1S/C14H27NO3Si/c1-13(2,3)19(6,7)15-10(8-12(15)16)11-9-17-14(4,5)18-11/h10-11H,8-9H2,1-7H3/t10-,11-/m0/s1. The van der Waals surface area contributed by atoms with Gasteiger partial charge in [-0.1, -0.05) is 33.9 Å². The lowest BCUT2D eigenvalue weighted by atomic mass is 10.0. The van der Waals surface area contributed by atoms with E-state index in [2.05, 4.69) is 38.4 Å². The van der Waals surface area contributed by atoms with Crippen molar-refractivity contribution in [3.05, 3.63) is 0 Å². The van der Waals surface area contributed by atoms with Gasteiger partial charge in [0.15, 0.2) is 14.0 Å². The third-order valence-corrected chi connectivity index (χ3v) is 10.3. The third-order valence-electron chi connectivity index (χ3n) is 4.88. The SMILES string of the molecule is CC1(C)OC[C@@H]([C@@H]2CC(=O)N2[Si](C)(C)C(C)(C)C)O1. The first-order chi connectivity index (χ1) is 8.46. The van der Waals surface area contributed by atoms with Crippen LogP contribution >= 0.6 is 0 Å². The number of ether oxygens (including phenoxy) is 2. The van der Waals surface area contributed by atoms with Gasteiger partial charge in [-0.2, -0.15) is 0 Å². The Hall–Kier alpha value is -0.393. The molecule has 2 aliphatic heterocycles. The Morgan fingerprint density at radius 1 is 1.32 bits per heavy atom. The highest BCUT2D eigenvalue weighted by Gasteiger charge is 2.55. The van der Waals surface area contributed by atoms with Gasteiger partial charge in [-0.25, -0.2) is 0 Å². The average molecular weight is 285 g/mol. The average Bonchev–Trinajstić information content (AvgIpc) is 2.52. The molecule has 5 heteroatoms. The molecule has 2 heterocycles. The topological polar surface area (TPSA) is 38.8 Å². The zero-order chi connectivity index (χ0) is 14.6. The maximum absolute atomic E-state index is 12.1. The van der Waals surface area contributed by atoms with Gasteiger partial charge in [-0.05, 0) is 18.9 Å². The quantitative estimate of drug-likeness (QED) is 0.578. The summed E-state index contributed by atoms with van der Waals surface area (Å²) in [5.74, 6) is -0.229. The first-order valence-corrected chi connectivity index (χ1v) is 10.0. The van der Waals surface area contributed by atoms with Gasteiger partial charge in [-0.15, -0.1) is 0 Å². The van der Waals surface area contributed by atoms with E-state index in [1.54, 1.807) is 0 Å². The molecular weight excluding hydrogens is 258 g/mol. The lowest BCUT2D eigenvalue weighted by Crippen LogP contribution is -2.71. The molecule has 0 aliphatic carbocycles. The summed E-state index contributed by atoms with van der Waals surface area (Å²) in [6.45, 7) is 15.7. The molecule has 2 rings (SSSR count). The normalized spacial score (nSPS) is 31.5. The molecule has 0 bridgehead atoms. The summed E-state index contributed by atoms with van der Waals surface area (Å²) in [6.07, 6.45) is 0.637. The van der Waals surface area contributed by atoms with Crippen molar-refractivity contribution in [3.8, 4) is 0 Å². The zero-order valence-corrected chi connectivity index (χ0v) is 14.2. The van der Waals surface area contributed by atoms with Crippen LogP contribution in [0.25, 0.3) is 0 Å². The minimum absolute atomic E-state index is 0.0295. The van der Waals surface area contributed by atoms with Crippen molar-refractivity contribution in [1.82, 2.24) is 4.57 Å². The van der Waals surface area contributed by atoms with Crippen molar-refractivity contribution in [2.45, 2.75) is 77.1 Å². The van der Waals surface area contributed by atoms with E-state index in [0.717, 1.165) is 0 Å². The molecule has 0 aromatic heterocycles. The largest absolute Gasteiger partial charge is 0.363 e. The van der Waals surface area contributed by atoms with E-state index in [9.17, 15) is 4.79 Å². The van der Waals surface area contributed by atoms with E-state index in [1.165, 1.54) is 0 Å². The maximum atomic E-state index is 12.1. The molecule has 4 nitrogen and oxygen atoms in total. The van der Waals surface area contributed by atoms with Gasteiger partial charge >= 0.3 is 0 Å². The number of hydrogen-bond donors (Lipinski definition) is 0. The molecule has 19 heavy (non-hydrogen) atoms. The molecule has 1 amide bonds. The predicted molar refractivity (Wildman–Crippen MR) is 77.4 cm³/mol. The molecule has 0 saturated carbocycles. The van der Waals surface area contributed by atoms with Crippen molar-refractivity contribution in [2.24, 2.45) is 0 Å². The second-order valence-electron chi connectivity index (χ2n) is 7.71. The Kier molecular flexibility index (Phi) is 3.40. The highest BCUT2D eigenvalue weighted by molar-refractivity contribution is 6.80. The van der Waals surface area contributed by atoms with Gasteiger partial charge < -0.3 is 14.0 Å². The summed E-state index contributed by atoms with van der Waals surface area (Å²) in [4.78, 5) is 12.1. The molecule has 0 N–H and O–H groups in total. The number of carbonyl (C=O) groups is 1. The summed E-state index contributed by atoms with van der Waals surface area (Å²) < 4.78 is 13.7. The van der Waals surface area contributed by atoms with Gasteiger partial charge in [-0.3, -0.25) is 4.79 Å². The van der Waals surface area contributed by atoms with Crippen LogP contribution in [-0.2, 0) is 14.3 Å². The molecule has 0 aromatic carbocycles. The number of carbonyl (C=O) groups excluding carboxylic acids is 1. The minimum atomic E-state index is -1.81. The Bertz CT molecular complexity index is 387. The Balaban J connectivity index is 2.15. The molecule has 110 valence electrons. The van der Waals surface area contributed by atoms with Gasteiger partial charge in [0.2, 0.25) is 5.91 Å². The van der Waals surface area contributed by atoms with Crippen molar-refractivity contribution < 1.29 is 14.3 Å². The second kappa shape index (κ2) is 4.30. The lowest BCUT2D eigenvalue weighted by Gasteiger charge is -2.56. The fourth-order valence-electron chi connectivity index (χ4n) is 2.73. The van der Waals surface area contributed by atoms with Crippen LogP contribution in [0.3, 0.4) is 0 Å². The molecule has 0 radical (unpaired) electrons. The highest BCUT2D eigenvalue weighted by atomic mass is 28.3. The number of amides is 1. The summed E-state index contributed by atoms with van der Waals surface area (Å²) in [5.41, 5.74) is 0. The molecular formula is C14H27NO3Si. The van der Waals surface area contributed by atoms with E-state index in [1.807, 2.05) is 13.8 Å². The van der Waals surface area contributed by atoms with E-state index in [4.69, 9.17) is 9.47 Å². The molecule has 2 saturated heterocycles. The van der Waals surface area contributed by atoms with Crippen LogP contribution < -0.4 is 0 Å². The molecule has 2 aliphatic rings. The minimum Gasteiger partial charge on any atom is -0.363 e. The van der Waals surface area contributed by atoms with Gasteiger partial charge in [0.05, 0.1) is 12.6 Å². The van der Waals surface area contributed by atoms with Crippen LogP contribution in [0.5, 0.6) is 0 Å². The summed E-state index contributed by atoms with van der Waals surface area (Å²) in [5, 5.41) is 0.163. The van der Waals surface area contributed by atoms with Crippen LogP contribution in [0.2, 0.25) is 18.1 Å². The van der Waals surface area contributed by atoms with E-state index in [-0.39, 0.29) is 23.1 Å². The summed E-state index contributed by atoms with van der Waals surface area (Å²) in [7, 11) is -1.81. The van der Waals surface area contributed by atoms with E-state index in [0.29, 0.717) is 13.0 Å². The third kappa shape index (κ3) is 2.48. The van der Waals surface area contributed by atoms with Crippen molar-refractivity contribution >= 4 is 14.1 Å². The van der Waals surface area contributed by atoms with Crippen molar-refractivity contribution in [2.75, 3.05) is 6.61 Å². The maximum Gasteiger partial charge on any atom is 0.217 e. The molecule has 0 spiro atoms. The first-order valence-electron chi connectivity index (χ1n) is 7.10. The Morgan fingerprint density at radius 3 is 2.26 bits per heavy atom. The van der Waals surface area contributed by atoms with Crippen molar-refractivity contribution in [3.63, 3.8) is 0 Å².